The molecule has 0 aromatic heterocycles. The Kier molecular flexibility index (Phi) is 3.86. The van der Waals surface area contributed by atoms with Crippen molar-refractivity contribution in [2.24, 2.45) is 0 Å². The molecule has 1 aromatic rings. The van der Waals surface area contributed by atoms with Crippen LogP contribution in [-0.4, -0.2) is 34.3 Å². The summed E-state index contributed by atoms with van der Waals surface area (Å²) in [4.78, 5) is 2.22. The fraction of sp³-hybridized carbons (Fsp3) is 0.538. The normalized spacial score (nSPS) is 16.1. The van der Waals surface area contributed by atoms with Crippen molar-refractivity contribution in [3.63, 3.8) is 0 Å². The van der Waals surface area contributed by atoms with E-state index in [0.29, 0.717) is 24.8 Å². The average molecular weight is 236 g/mol. The van der Waals surface area contributed by atoms with E-state index < -0.39 is 0 Å². The van der Waals surface area contributed by atoms with E-state index in [2.05, 4.69) is 4.90 Å². The number of aliphatic hydroxyl groups is 1. The molecule has 17 heavy (non-hydrogen) atoms. The van der Waals surface area contributed by atoms with Gasteiger partial charge in [-0.25, -0.2) is 0 Å². The lowest BCUT2D eigenvalue weighted by atomic mass is 9.91. The summed E-state index contributed by atoms with van der Waals surface area (Å²) in [5, 5.41) is 18.9. The van der Waals surface area contributed by atoms with Crippen molar-refractivity contribution in [1.82, 2.24) is 4.90 Å². The number of aliphatic hydroxyl groups excluding tert-OH is 1. The van der Waals surface area contributed by atoms with Gasteiger partial charge in [-0.05, 0) is 31.0 Å². The molecular weight excluding hydrogens is 216 g/mol. The lowest BCUT2D eigenvalue weighted by Gasteiger charge is -2.37. The number of phenols is 1. The maximum absolute atomic E-state index is 9.78. The van der Waals surface area contributed by atoms with Crippen molar-refractivity contribution in [1.29, 1.82) is 0 Å². The summed E-state index contributed by atoms with van der Waals surface area (Å²) in [6, 6.07) is 5.67. The maximum atomic E-state index is 9.78. The minimum Gasteiger partial charge on any atom is -0.508 e. The second-order valence-corrected chi connectivity index (χ2v) is 4.67. The summed E-state index contributed by atoms with van der Waals surface area (Å²) < 4.78 is 0. The van der Waals surface area contributed by atoms with Crippen LogP contribution in [0.25, 0.3) is 0 Å². The van der Waals surface area contributed by atoms with Crippen molar-refractivity contribution in [2.45, 2.75) is 31.8 Å². The Morgan fingerprint density at radius 1 is 1.35 bits per heavy atom. The van der Waals surface area contributed by atoms with Crippen LogP contribution in [0, 0.1) is 0 Å². The van der Waals surface area contributed by atoms with Crippen LogP contribution in [0.4, 0.5) is 5.69 Å². The van der Waals surface area contributed by atoms with Gasteiger partial charge in [0.1, 0.15) is 5.75 Å². The average Bonchev–Trinajstić information content (AvgIpc) is 2.21. The molecule has 1 fully saturated rings. The number of nitrogens with two attached hydrogens (primary N) is 1. The zero-order valence-corrected chi connectivity index (χ0v) is 9.97. The smallest absolute Gasteiger partial charge is 0.120 e. The highest BCUT2D eigenvalue weighted by Crippen LogP contribution is 2.28. The first-order chi connectivity index (χ1) is 8.20. The number of rotatable bonds is 5. The van der Waals surface area contributed by atoms with Crippen molar-refractivity contribution in [3.8, 4) is 5.75 Å². The molecular formula is C13H20N2O2. The number of aromatic hydroxyl groups is 1. The number of nitrogens with zero attached hydrogens (tertiary/aromatic N) is 1. The number of phenolic OH excluding ortho intramolecular Hbond substituents is 1. The van der Waals surface area contributed by atoms with Gasteiger partial charge >= 0.3 is 0 Å². The monoisotopic (exact) mass is 236 g/mol. The number of hydrogen-bond donors (Lipinski definition) is 3. The van der Waals surface area contributed by atoms with Crippen LogP contribution in [0.3, 0.4) is 0 Å². The van der Waals surface area contributed by atoms with Crippen molar-refractivity contribution in [3.05, 3.63) is 23.8 Å². The molecule has 2 rings (SSSR count). The van der Waals surface area contributed by atoms with Gasteiger partial charge in [0.25, 0.3) is 0 Å². The van der Waals surface area contributed by atoms with E-state index in [1.807, 2.05) is 0 Å². The Morgan fingerprint density at radius 3 is 2.71 bits per heavy atom. The summed E-state index contributed by atoms with van der Waals surface area (Å²) in [7, 11) is 0. The summed E-state index contributed by atoms with van der Waals surface area (Å²) in [6.07, 6.45) is 3.63. The number of benzene rings is 1. The van der Waals surface area contributed by atoms with Crippen molar-refractivity contribution >= 4 is 5.69 Å². The van der Waals surface area contributed by atoms with Gasteiger partial charge in [-0.2, -0.15) is 0 Å². The van der Waals surface area contributed by atoms with Gasteiger partial charge in [0.2, 0.25) is 0 Å². The topological polar surface area (TPSA) is 69.7 Å². The molecule has 0 unspecified atom stereocenters. The molecule has 0 atom stereocenters. The first-order valence-electron chi connectivity index (χ1n) is 6.13. The van der Waals surface area contributed by atoms with Crippen LogP contribution < -0.4 is 5.73 Å². The molecule has 1 aliphatic rings. The van der Waals surface area contributed by atoms with E-state index in [1.165, 1.54) is 19.3 Å². The summed E-state index contributed by atoms with van der Waals surface area (Å²) in [6.45, 7) is 1.46. The van der Waals surface area contributed by atoms with E-state index in [1.54, 1.807) is 18.2 Å². The second-order valence-electron chi connectivity index (χ2n) is 4.67. The molecule has 4 heteroatoms. The molecule has 0 saturated heterocycles. The number of nitrogen functional groups attached to an aromatic ring is 1. The van der Waals surface area contributed by atoms with Crippen molar-refractivity contribution in [2.75, 3.05) is 18.9 Å². The Morgan fingerprint density at radius 2 is 2.12 bits per heavy atom. The molecule has 94 valence electrons. The van der Waals surface area contributed by atoms with E-state index in [9.17, 15) is 5.11 Å². The Labute approximate surface area is 102 Å². The fourth-order valence-electron chi connectivity index (χ4n) is 2.22. The molecule has 4 N–H and O–H groups in total. The molecule has 0 heterocycles. The molecule has 1 saturated carbocycles. The third-order valence-electron chi connectivity index (χ3n) is 3.46. The molecule has 0 bridgehead atoms. The highest BCUT2D eigenvalue weighted by atomic mass is 16.3. The van der Waals surface area contributed by atoms with Gasteiger partial charge in [-0.3, -0.25) is 4.90 Å². The van der Waals surface area contributed by atoms with Crippen LogP contribution >= 0.6 is 0 Å². The van der Waals surface area contributed by atoms with Crippen LogP contribution in [0.2, 0.25) is 0 Å². The second kappa shape index (κ2) is 5.38. The summed E-state index contributed by atoms with van der Waals surface area (Å²) in [5.41, 5.74) is 7.22. The van der Waals surface area contributed by atoms with Gasteiger partial charge in [-0.15, -0.1) is 0 Å². The lowest BCUT2D eigenvalue weighted by Crippen LogP contribution is -2.41. The SMILES string of the molecule is Nc1ccc(O)c(CN(CCO)C2CCC2)c1. The molecule has 1 aliphatic carbocycles. The highest BCUT2D eigenvalue weighted by molar-refractivity contribution is 5.47. The Balaban J connectivity index is 2.07. The standard InChI is InChI=1S/C13H20N2O2/c14-11-4-5-13(17)10(8-11)9-15(6-7-16)12-2-1-3-12/h4-5,8,12,16-17H,1-3,6-7,9,14H2. The van der Waals surface area contributed by atoms with Crippen LogP contribution in [0.15, 0.2) is 18.2 Å². The van der Waals surface area contributed by atoms with E-state index in [0.717, 1.165) is 5.56 Å². The minimum absolute atomic E-state index is 0.152. The first-order valence-corrected chi connectivity index (χ1v) is 6.13. The quantitative estimate of drug-likeness (QED) is 0.533. The fourth-order valence-corrected chi connectivity index (χ4v) is 2.22. The highest BCUT2D eigenvalue weighted by Gasteiger charge is 2.25. The third-order valence-corrected chi connectivity index (χ3v) is 3.46. The molecule has 0 amide bonds. The minimum atomic E-state index is 0.152. The largest absolute Gasteiger partial charge is 0.508 e. The molecule has 0 aliphatic heterocycles. The van der Waals surface area contributed by atoms with Gasteiger partial charge in [0.05, 0.1) is 6.61 Å². The van der Waals surface area contributed by atoms with Gasteiger partial charge in [-0.1, -0.05) is 6.42 Å². The van der Waals surface area contributed by atoms with Gasteiger partial charge in [0, 0.05) is 30.4 Å². The van der Waals surface area contributed by atoms with E-state index in [-0.39, 0.29) is 12.4 Å². The predicted octanol–water partition coefficient (Wildman–Crippen LogP) is 1.32. The first kappa shape index (κ1) is 12.2. The summed E-state index contributed by atoms with van der Waals surface area (Å²) in [5.74, 6) is 0.279. The third kappa shape index (κ3) is 2.90. The van der Waals surface area contributed by atoms with Crippen LogP contribution in [-0.2, 0) is 6.54 Å². The van der Waals surface area contributed by atoms with Gasteiger partial charge in [0.15, 0.2) is 0 Å². The molecule has 0 radical (unpaired) electrons. The van der Waals surface area contributed by atoms with Crippen LogP contribution in [0.5, 0.6) is 5.75 Å². The van der Waals surface area contributed by atoms with E-state index >= 15 is 0 Å². The Hall–Kier alpha value is -1.26. The zero-order valence-electron chi connectivity index (χ0n) is 9.97. The predicted molar refractivity (Wildman–Crippen MR) is 67.7 cm³/mol. The lowest BCUT2D eigenvalue weighted by molar-refractivity contribution is 0.0938. The maximum Gasteiger partial charge on any atom is 0.120 e. The Bertz CT molecular complexity index is 378. The zero-order chi connectivity index (χ0) is 12.3. The van der Waals surface area contributed by atoms with Crippen LogP contribution in [0.1, 0.15) is 24.8 Å². The van der Waals surface area contributed by atoms with E-state index in [4.69, 9.17) is 10.8 Å². The molecule has 0 spiro atoms. The number of hydrogen-bond acceptors (Lipinski definition) is 4. The molecule has 4 nitrogen and oxygen atoms in total. The summed E-state index contributed by atoms with van der Waals surface area (Å²) >= 11 is 0. The van der Waals surface area contributed by atoms with Crippen molar-refractivity contribution < 1.29 is 10.2 Å². The van der Waals surface area contributed by atoms with Gasteiger partial charge < -0.3 is 15.9 Å². The number of anilines is 1. The molecule has 1 aromatic carbocycles.